The fourth-order valence-corrected chi connectivity index (χ4v) is 4.80. The molecule has 0 radical (unpaired) electrons. The third-order valence-electron chi connectivity index (χ3n) is 5.07. The minimum absolute atomic E-state index is 0.131. The summed E-state index contributed by atoms with van der Waals surface area (Å²) in [7, 11) is 0. The first kappa shape index (κ1) is 18.4. The first-order valence-electron chi connectivity index (χ1n) is 8.88. The molecule has 0 bridgehead atoms. The van der Waals surface area contributed by atoms with E-state index in [4.69, 9.17) is 11.6 Å². The Morgan fingerprint density at radius 1 is 1.40 bits per heavy atom. The van der Waals surface area contributed by atoms with E-state index in [1.54, 1.807) is 0 Å². The Labute approximate surface area is 157 Å². The first-order chi connectivity index (χ1) is 12.1. The van der Waals surface area contributed by atoms with E-state index in [0.717, 1.165) is 44.0 Å². The molecular weight excluding hydrogens is 358 g/mol. The van der Waals surface area contributed by atoms with Gasteiger partial charge in [0, 0.05) is 32.2 Å². The number of amides is 1. The third kappa shape index (κ3) is 4.63. The Bertz CT molecular complexity index is 650. The summed E-state index contributed by atoms with van der Waals surface area (Å²) in [5.74, 6) is 0.842. The lowest BCUT2D eigenvalue weighted by Crippen LogP contribution is -2.50. The number of carbonyl (C=O) groups excluding carboxylic acids is 1. The van der Waals surface area contributed by atoms with Crippen molar-refractivity contribution in [1.29, 1.82) is 5.26 Å². The van der Waals surface area contributed by atoms with Crippen LogP contribution in [0.25, 0.3) is 0 Å². The van der Waals surface area contributed by atoms with Crippen molar-refractivity contribution in [1.82, 2.24) is 14.6 Å². The van der Waals surface area contributed by atoms with Gasteiger partial charge in [-0.1, -0.05) is 31.4 Å². The Morgan fingerprint density at radius 3 is 2.84 bits per heavy atom. The number of nitriles is 1. The Balaban J connectivity index is 1.46. The topological polar surface area (TPSA) is 72.3 Å². The van der Waals surface area contributed by atoms with Crippen molar-refractivity contribution < 1.29 is 4.79 Å². The smallest absolute Gasteiger partial charge is 0.234 e. The minimum Gasteiger partial charge on any atom is -0.358 e. The lowest BCUT2D eigenvalue weighted by molar-refractivity contribution is -0.123. The van der Waals surface area contributed by atoms with Crippen molar-refractivity contribution in [3.05, 3.63) is 10.7 Å². The highest BCUT2D eigenvalue weighted by Gasteiger charge is 2.25. The van der Waals surface area contributed by atoms with Crippen molar-refractivity contribution in [3.8, 4) is 6.07 Å². The second kappa shape index (κ2) is 8.35. The number of anilines is 1. The molecule has 2 heterocycles. The molecule has 0 aromatic carbocycles. The first-order valence-corrected chi connectivity index (χ1v) is 10.0. The Hall–Kier alpha value is -1.36. The minimum atomic E-state index is 0.131. The maximum absolute atomic E-state index is 12.3. The van der Waals surface area contributed by atoms with Gasteiger partial charge in [0.25, 0.3) is 0 Å². The van der Waals surface area contributed by atoms with E-state index in [9.17, 15) is 10.1 Å². The number of halogens is 1. The summed E-state index contributed by atoms with van der Waals surface area (Å²) in [5, 5.41) is 13.5. The van der Waals surface area contributed by atoms with Crippen molar-refractivity contribution in [2.24, 2.45) is 5.92 Å². The van der Waals surface area contributed by atoms with Crippen molar-refractivity contribution in [3.63, 3.8) is 0 Å². The summed E-state index contributed by atoms with van der Waals surface area (Å²) in [4.78, 5) is 16.6. The molecule has 6 nitrogen and oxygen atoms in total. The SMILES string of the molecule is CC1CCCC(NC(=O)CN2CCN(c3snc(Cl)c3C#N)CC2)C1. The summed E-state index contributed by atoms with van der Waals surface area (Å²) >= 11 is 7.22. The molecule has 2 atom stereocenters. The molecule has 8 heteroatoms. The van der Waals surface area contributed by atoms with Crippen LogP contribution >= 0.6 is 23.1 Å². The van der Waals surface area contributed by atoms with Crippen molar-refractivity contribution in [2.75, 3.05) is 37.6 Å². The molecule has 136 valence electrons. The van der Waals surface area contributed by atoms with Crippen LogP contribution in [-0.2, 0) is 4.79 Å². The highest BCUT2D eigenvalue weighted by atomic mass is 35.5. The predicted octanol–water partition coefficient (Wildman–Crippen LogP) is 2.49. The number of carbonyl (C=O) groups is 1. The van der Waals surface area contributed by atoms with Crippen LogP contribution in [0.15, 0.2) is 0 Å². The lowest BCUT2D eigenvalue weighted by Gasteiger charge is -2.35. The van der Waals surface area contributed by atoms with Crippen LogP contribution in [0, 0.1) is 17.2 Å². The van der Waals surface area contributed by atoms with Crippen molar-refractivity contribution in [2.45, 2.75) is 38.6 Å². The van der Waals surface area contributed by atoms with E-state index in [0.29, 0.717) is 24.1 Å². The standard InChI is InChI=1S/C17H24ClN5OS/c1-12-3-2-4-13(9-12)20-15(24)11-22-5-7-23(8-6-22)17-14(10-19)16(18)21-25-17/h12-13H,2-9,11H2,1H3,(H,20,24). The number of hydrogen-bond acceptors (Lipinski definition) is 6. The zero-order chi connectivity index (χ0) is 17.8. The molecule has 1 aromatic heterocycles. The predicted molar refractivity (Wildman–Crippen MR) is 100 cm³/mol. The summed E-state index contributed by atoms with van der Waals surface area (Å²) in [6, 6.07) is 2.47. The second-order valence-corrected chi connectivity index (χ2v) is 8.17. The molecule has 2 fully saturated rings. The average molecular weight is 382 g/mol. The molecular formula is C17H24ClN5OS. The van der Waals surface area contributed by atoms with Gasteiger partial charge in [-0.3, -0.25) is 9.69 Å². The van der Waals surface area contributed by atoms with Gasteiger partial charge in [0.05, 0.1) is 6.54 Å². The Kier molecular flexibility index (Phi) is 6.15. The molecule has 2 aliphatic rings. The van der Waals surface area contributed by atoms with E-state index in [1.165, 1.54) is 24.4 Å². The number of nitrogens with zero attached hydrogens (tertiary/aromatic N) is 4. The summed E-state index contributed by atoms with van der Waals surface area (Å²) in [6.45, 7) is 5.87. The molecule has 1 saturated heterocycles. The molecule has 0 spiro atoms. The molecule has 2 unspecified atom stereocenters. The highest BCUT2D eigenvalue weighted by Crippen LogP contribution is 2.31. The van der Waals surface area contributed by atoms with E-state index in [-0.39, 0.29) is 11.1 Å². The number of hydrogen-bond donors (Lipinski definition) is 1. The molecule has 3 rings (SSSR count). The van der Waals surface area contributed by atoms with Gasteiger partial charge in [-0.25, -0.2) is 0 Å². The summed E-state index contributed by atoms with van der Waals surface area (Å²) in [6.07, 6.45) is 4.69. The second-order valence-electron chi connectivity index (χ2n) is 7.06. The fraction of sp³-hybridized carbons (Fsp3) is 0.706. The maximum Gasteiger partial charge on any atom is 0.234 e. The monoisotopic (exact) mass is 381 g/mol. The third-order valence-corrected chi connectivity index (χ3v) is 6.36. The largest absolute Gasteiger partial charge is 0.358 e. The summed E-state index contributed by atoms with van der Waals surface area (Å²) < 4.78 is 4.07. The van der Waals surface area contributed by atoms with Gasteiger partial charge in [0.15, 0.2) is 5.15 Å². The van der Waals surface area contributed by atoms with Crippen LogP contribution < -0.4 is 10.2 Å². The van der Waals surface area contributed by atoms with E-state index in [1.807, 2.05) is 0 Å². The van der Waals surface area contributed by atoms with Gasteiger partial charge < -0.3 is 10.2 Å². The van der Waals surface area contributed by atoms with Crippen LogP contribution in [0.4, 0.5) is 5.00 Å². The van der Waals surface area contributed by atoms with Gasteiger partial charge in [-0.15, -0.1) is 0 Å². The molecule has 25 heavy (non-hydrogen) atoms. The zero-order valence-corrected chi connectivity index (χ0v) is 16.1. The Morgan fingerprint density at radius 2 is 2.16 bits per heavy atom. The van der Waals surface area contributed by atoms with Crippen LogP contribution in [0.1, 0.15) is 38.2 Å². The van der Waals surface area contributed by atoms with Gasteiger partial charge >= 0.3 is 0 Å². The average Bonchev–Trinajstić information content (AvgIpc) is 2.96. The zero-order valence-electron chi connectivity index (χ0n) is 14.5. The summed E-state index contributed by atoms with van der Waals surface area (Å²) in [5.41, 5.74) is 0.462. The molecule has 1 aromatic rings. The van der Waals surface area contributed by atoms with E-state index in [2.05, 4.69) is 32.5 Å². The van der Waals surface area contributed by atoms with Gasteiger partial charge in [-0.2, -0.15) is 9.64 Å². The van der Waals surface area contributed by atoms with Gasteiger partial charge in [0.2, 0.25) is 5.91 Å². The van der Waals surface area contributed by atoms with Crippen LogP contribution in [0.5, 0.6) is 0 Å². The molecule has 1 aliphatic heterocycles. The van der Waals surface area contributed by atoms with E-state index >= 15 is 0 Å². The van der Waals surface area contributed by atoms with Crippen LogP contribution in [-0.4, -0.2) is 53.9 Å². The van der Waals surface area contributed by atoms with Crippen molar-refractivity contribution >= 4 is 34.0 Å². The number of rotatable bonds is 4. The molecule has 1 saturated carbocycles. The number of aromatic nitrogens is 1. The molecule has 1 amide bonds. The normalized spacial score (nSPS) is 24.8. The van der Waals surface area contributed by atoms with Crippen LogP contribution in [0.3, 0.4) is 0 Å². The van der Waals surface area contributed by atoms with E-state index < -0.39 is 0 Å². The lowest BCUT2D eigenvalue weighted by atomic mass is 9.87. The molecule has 1 aliphatic carbocycles. The molecule has 1 N–H and O–H groups in total. The highest BCUT2D eigenvalue weighted by molar-refractivity contribution is 7.10. The van der Waals surface area contributed by atoms with Gasteiger partial charge in [0.1, 0.15) is 16.6 Å². The number of nitrogens with one attached hydrogen (secondary N) is 1. The van der Waals surface area contributed by atoms with Gasteiger partial charge in [-0.05, 0) is 30.3 Å². The van der Waals surface area contributed by atoms with Crippen LogP contribution in [0.2, 0.25) is 5.15 Å². The number of piperazine rings is 1. The quantitative estimate of drug-likeness (QED) is 0.867. The maximum atomic E-state index is 12.3. The fourth-order valence-electron chi connectivity index (χ4n) is 3.72.